The summed E-state index contributed by atoms with van der Waals surface area (Å²) in [7, 11) is 0. The summed E-state index contributed by atoms with van der Waals surface area (Å²) < 4.78 is 0. The molecular weight excluding hydrogens is 246 g/mol. The van der Waals surface area contributed by atoms with E-state index in [4.69, 9.17) is 4.84 Å². The van der Waals surface area contributed by atoms with Gasteiger partial charge < -0.3 is 0 Å². The van der Waals surface area contributed by atoms with E-state index in [-0.39, 0.29) is 0 Å². The molecule has 0 heterocycles. The van der Waals surface area contributed by atoms with Crippen LogP contribution in [0.25, 0.3) is 0 Å². The molecule has 3 rings (SSSR count). The molecule has 2 unspecified atom stereocenters. The van der Waals surface area contributed by atoms with E-state index in [1.54, 1.807) is 0 Å². The van der Waals surface area contributed by atoms with Crippen molar-refractivity contribution in [3.8, 4) is 0 Å². The number of hydroxylamine groups is 1. The molecule has 1 aliphatic carbocycles. The first-order valence-electron chi connectivity index (χ1n) is 7.34. The molecular formula is C18H21NO. The lowest BCUT2D eigenvalue weighted by Gasteiger charge is -2.30. The van der Waals surface area contributed by atoms with Crippen LogP contribution in [0, 0.1) is 0 Å². The number of nitrogens with one attached hydrogen (secondary N) is 1. The number of fused-ring (bicyclic) bond motifs is 1. The van der Waals surface area contributed by atoms with Gasteiger partial charge >= 0.3 is 0 Å². The van der Waals surface area contributed by atoms with Gasteiger partial charge in [0.1, 0.15) is 0 Å². The predicted octanol–water partition coefficient (Wildman–Crippen LogP) is 4.35. The van der Waals surface area contributed by atoms with Crippen LogP contribution in [0.15, 0.2) is 54.6 Å². The fourth-order valence-electron chi connectivity index (χ4n) is 2.93. The van der Waals surface area contributed by atoms with Crippen LogP contribution in [0.4, 0.5) is 0 Å². The monoisotopic (exact) mass is 267 g/mol. The lowest BCUT2D eigenvalue weighted by Crippen LogP contribution is -2.26. The predicted molar refractivity (Wildman–Crippen MR) is 81.2 cm³/mol. The quantitative estimate of drug-likeness (QED) is 0.832. The zero-order chi connectivity index (χ0) is 13.8. The fraction of sp³-hybridized carbons (Fsp3) is 0.333. The van der Waals surface area contributed by atoms with Gasteiger partial charge in [0.15, 0.2) is 0 Å². The Labute approximate surface area is 120 Å². The maximum atomic E-state index is 5.70. The van der Waals surface area contributed by atoms with Gasteiger partial charge in [-0.25, -0.2) is 0 Å². The van der Waals surface area contributed by atoms with E-state index in [0.717, 1.165) is 6.42 Å². The number of hydrogen-bond donors (Lipinski definition) is 1. The fourth-order valence-corrected chi connectivity index (χ4v) is 2.93. The van der Waals surface area contributed by atoms with Crippen molar-refractivity contribution in [2.24, 2.45) is 0 Å². The minimum atomic E-state index is 0.311. The van der Waals surface area contributed by atoms with Crippen LogP contribution in [0.1, 0.15) is 48.4 Å². The topological polar surface area (TPSA) is 21.3 Å². The van der Waals surface area contributed by atoms with E-state index >= 15 is 0 Å². The molecule has 0 saturated heterocycles. The summed E-state index contributed by atoms with van der Waals surface area (Å²) in [5.74, 6) is 0.651. The summed E-state index contributed by atoms with van der Waals surface area (Å²) in [6.07, 6.45) is 2.34. The molecule has 0 radical (unpaired) electrons. The average molecular weight is 267 g/mol. The van der Waals surface area contributed by atoms with Gasteiger partial charge in [0.2, 0.25) is 0 Å². The summed E-state index contributed by atoms with van der Waals surface area (Å²) in [5, 5.41) is 0. The Morgan fingerprint density at radius 1 is 0.950 bits per heavy atom. The molecule has 2 atom stereocenters. The van der Waals surface area contributed by atoms with E-state index < -0.39 is 0 Å². The van der Waals surface area contributed by atoms with E-state index in [1.807, 2.05) is 18.2 Å². The standard InChI is InChI=1S/C18H21NO/c1-14-11-12-18(17-10-6-5-9-16(14)17)19-20-13-15-7-3-2-4-8-15/h2-10,14,18-19H,11-13H2,1H3. The zero-order valence-corrected chi connectivity index (χ0v) is 11.9. The van der Waals surface area contributed by atoms with Gasteiger partial charge in [0.05, 0.1) is 12.6 Å². The highest BCUT2D eigenvalue weighted by atomic mass is 16.6. The minimum Gasteiger partial charge on any atom is -0.296 e. The van der Waals surface area contributed by atoms with Crippen LogP contribution in [0.2, 0.25) is 0 Å². The lowest BCUT2D eigenvalue weighted by atomic mass is 9.81. The minimum absolute atomic E-state index is 0.311. The number of rotatable bonds is 4. The Hall–Kier alpha value is -1.64. The first-order chi connectivity index (χ1) is 9.84. The summed E-state index contributed by atoms with van der Waals surface area (Å²) in [5.41, 5.74) is 7.29. The number of benzene rings is 2. The van der Waals surface area contributed by atoms with Crippen molar-refractivity contribution in [3.05, 3.63) is 71.3 Å². The molecule has 0 aliphatic heterocycles. The highest BCUT2D eigenvalue weighted by molar-refractivity contribution is 5.34. The lowest BCUT2D eigenvalue weighted by molar-refractivity contribution is -0.00154. The average Bonchev–Trinajstić information content (AvgIpc) is 2.51. The first-order valence-corrected chi connectivity index (χ1v) is 7.34. The molecule has 104 valence electrons. The second-order valence-electron chi connectivity index (χ2n) is 5.55. The van der Waals surface area contributed by atoms with Gasteiger partial charge in [-0.1, -0.05) is 61.5 Å². The van der Waals surface area contributed by atoms with Crippen molar-refractivity contribution < 1.29 is 4.84 Å². The third kappa shape index (κ3) is 2.92. The summed E-state index contributed by atoms with van der Waals surface area (Å²) in [6.45, 7) is 2.91. The Balaban J connectivity index is 1.63. The van der Waals surface area contributed by atoms with Crippen molar-refractivity contribution in [2.75, 3.05) is 0 Å². The van der Waals surface area contributed by atoms with Crippen molar-refractivity contribution in [1.82, 2.24) is 5.48 Å². The second-order valence-corrected chi connectivity index (χ2v) is 5.55. The summed E-state index contributed by atoms with van der Waals surface area (Å²) >= 11 is 0. The molecule has 0 amide bonds. The molecule has 2 aromatic rings. The molecule has 0 aromatic heterocycles. The molecule has 0 bridgehead atoms. The molecule has 0 spiro atoms. The molecule has 2 heteroatoms. The Bertz CT molecular complexity index is 552. The smallest absolute Gasteiger partial charge is 0.0933 e. The van der Waals surface area contributed by atoms with E-state index in [2.05, 4.69) is 48.8 Å². The Morgan fingerprint density at radius 2 is 1.65 bits per heavy atom. The van der Waals surface area contributed by atoms with Gasteiger partial charge in [-0.05, 0) is 35.4 Å². The van der Waals surface area contributed by atoms with Gasteiger partial charge in [-0.2, -0.15) is 5.48 Å². The highest BCUT2D eigenvalue weighted by Gasteiger charge is 2.24. The van der Waals surface area contributed by atoms with Gasteiger partial charge in [0.25, 0.3) is 0 Å². The highest BCUT2D eigenvalue weighted by Crippen LogP contribution is 2.36. The largest absolute Gasteiger partial charge is 0.296 e. The van der Waals surface area contributed by atoms with E-state index in [1.165, 1.54) is 23.1 Å². The van der Waals surface area contributed by atoms with Crippen LogP contribution < -0.4 is 5.48 Å². The van der Waals surface area contributed by atoms with E-state index in [9.17, 15) is 0 Å². The third-order valence-corrected chi connectivity index (χ3v) is 4.10. The van der Waals surface area contributed by atoms with Crippen molar-refractivity contribution >= 4 is 0 Å². The maximum Gasteiger partial charge on any atom is 0.0933 e. The van der Waals surface area contributed by atoms with Crippen LogP contribution in [0.5, 0.6) is 0 Å². The Morgan fingerprint density at radius 3 is 2.45 bits per heavy atom. The summed E-state index contributed by atoms with van der Waals surface area (Å²) in [4.78, 5) is 5.70. The summed E-state index contributed by atoms with van der Waals surface area (Å²) in [6, 6.07) is 19.3. The zero-order valence-electron chi connectivity index (χ0n) is 11.9. The molecule has 20 heavy (non-hydrogen) atoms. The molecule has 1 aliphatic rings. The van der Waals surface area contributed by atoms with Crippen molar-refractivity contribution in [3.63, 3.8) is 0 Å². The molecule has 2 aromatic carbocycles. The van der Waals surface area contributed by atoms with Crippen LogP contribution in [0.3, 0.4) is 0 Å². The Kier molecular flexibility index (Phi) is 4.14. The van der Waals surface area contributed by atoms with E-state index in [0.29, 0.717) is 18.6 Å². The molecule has 1 N–H and O–H groups in total. The van der Waals surface area contributed by atoms with Crippen LogP contribution in [-0.4, -0.2) is 0 Å². The van der Waals surface area contributed by atoms with Gasteiger partial charge in [-0.15, -0.1) is 0 Å². The van der Waals surface area contributed by atoms with Crippen molar-refractivity contribution in [1.29, 1.82) is 0 Å². The molecule has 0 saturated carbocycles. The molecule has 2 nitrogen and oxygen atoms in total. The first kappa shape index (κ1) is 13.3. The van der Waals surface area contributed by atoms with Crippen LogP contribution >= 0.6 is 0 Å². The van der Waals surface area contributed by atoms with Gasteiger partial charge in [0, 0.05) is 0 Å². The second kappa shape index (κ2) is 6.21. The van der Waals surface area contributed by atoms with Gasteiger partial charge in [-0.3, -0.25) is 4.84 Å². The molecule has 0 fully saturated rings. The third-order valence-electron chi connectivity index (χ3n) is 4.10. The van der Waals surface area contributed by atoms with Crippen LogP contribution in [-0.2, 0) is 11.4 Å². The maximum absolute atomic E-state index is 5.70. The SMILES string of the molecule is CC1CCC(NOCc2ccccc2)c2ccccc21. The van der Waals surface area contributed by atoms with Crippen molar-refractivity contribution in [2.45, 2.75) is 38.3 Å². The normalized spacial score (nSPS) is 21.4. The number of hydrogen-bond acceptors (Lipinski definition) is 2.